The average Bonchev–Trinajstić information content (AvgIpc) is 2.89. The van der Waals surface area contributed by atoms with Crippen LogP contribution in [-0.2, 0) is 13.2 Å². The van der Waals surface area contributed by atoms with Gasteiger partial charge >= 0.3 is 0 Å². The van der Waals surface area contributed by atoms with Gasteiger partial charge in [-0.05, 0) is 29.3 Å². The van der Waals surface area contributed by atoms with Gasteiger partial charge in [0.1, 0.15) is 6.61 Å². The summed E-state index contributed by atoms with van der Waals surface area (Å²) in [5.41, 5.74) is 3.37. The molecule has 0 spiro atoms. The average molecular weight is 479 g/mol. The first kappa shape index (κ1) is 24.0. The third-order valence-electron chi connectivity index (χ3n) is 5.71. The van der Waals surface area contributed by atoms with Gasteiger partial charge in [-0.1, -0.05) is 48.5 Å². The molecule has 4 rings (SSSR count). The van der Waals surface area contributed by atoms with Gasteiger partial charge in [-0.2, -0.15) is 11.8 Å². The molecule has 6 nitrogen and oxygen atoms in total. The second-order valence-corrected chi connectivity index (χ2v) is 9.21. The number of para-hydroxylation sites is 1. The van der Waals surface area contributed by atoms with E-state index in [0.29, 0.717) is 29.4 Å². The Morgan fingerprint density at radius 3 is 2.26 bits per heavy atom. The molecule has 1 aliphatic heterocycles. The van der Waals surface area contributed by atoms with Crippen LogP contribution in [-0.4, -0.2) is 49.6 Å². The molecule has 3 aromatic carbocycles. The number of amides is 1. The summed E-state index contributed by atoms with van der Waals surface area (Å²) >= 11 is 1.99. The van der Waals surface area contributed by atoms with Crippen LogP contribution in [0.1, 0.15) is 21.5 Å². The summed E-state index contributed by atoms with van der Waals surface area (Å²) in [6.07, 6.45) is 0. The fraction of sp³-hybridized carbons (Fsp3) is 0.296. The summed E-state index contributed by atoms with van der Waals surface area (Å²) in [5.74, 6) is 3.42. The summed E-state index contributed by atoms with van der Waals surface area (Å²) < 4.78 is 17.1. The highest BCUT2D eigenvalue weighted by Crippen LogP contribution is 2.39. The Hall–Kier alpha value is -3.16. The normalized spacial score (nSPS) is 13.8. The van der Waals surface area contributed by atoms with E-state index in [1.807, 2.05) is 60.3 Å². The third-order valence-corrected chi connectivity index (χ3v) is 6.65. The lowest BCUT2D eigenvalue weighted by Crippen LogP contribution is -2.32. The van der Waals surface area contributed by atoms with Crippen LogP contribution in [0, 0.1) is 0 Å². The zero-order chi connectivity index (χ0) is 23.8. The van der Waals surface area contributed by atoms with Crippen LogP contribution in [0.4, 0.5) is 5.69 Å². The SMILES string of the molecule is COc1cc(C(=O)Nc2ccccc2CN2CCSCC2)cc(OC)c1OCc1ccccc1. The zero-order valence-corrected chi connectivity index (χ0v) is 20.4. The minimum atomic E-state index is -0.229. The lowest BCUT2D eigenvalue weighted by molar-refractivity contribution is 0.102. The molecule has 1 aliphatic rings. The van der Waals surface area contributed by atoms with Crippen molar-refractivity contribution < 1.29 is 19.0 Å². The summed E-state index contributed by atoms with van der Waals surface area (Å²) in [5, 5.41) is 3.07. The van der Waals surface area contributed by atoms with Crippen molar-refractivity contribution in [2.45, 2.75) is 13.2 Å². The molecule has 0 aromatic heterocycles. The lowest BCUT2D eigenvalue weighted by atomic mass is 10.1. The molecular weight excluding hydrogens is 448 g/mol. The highest BCUT2D eigenvalue weighted by atomic mass is 32.2. The maximum absolute atomic E-state index is 13.2. The standard InChI is InChI=1S/C27H30N2O4S/c1-31-24-16-22(17-25(32-2)26(24)33-19-20-8-4-3-5-9-20)27(30)28-23-11-7-6-10-21(23)18-29-12-14-34-15-13-29/h3-11,16-17H,12-15,18-19H2,1-2H3,(H,28,30). The van der Waals surface area contributed by atoms with E-state index in [-0.39, 0.29) is 5.91 Å². The Balaban J connectivity index is 1.52. The molecule has 1 fully saturated rings. The number of anilines is 1. The molecule has 0 atom stereocenters. The topological polar surface area (TPSA) is 60.0 Å². The van der Waals surface area contributed by atoms with Crippen LogP contribution in [0.3, 0.4) is 0 Å². The minimum absolute atomic E-state index is 0.229. The molecule has 1 heterocycles. The van der Waals surface area contributed by atoms with E-state index in [1.54, 1.807) is 26.4 Å². The quantitative estimate of drug-likeness (QED) is 0.463. The van der Waals surface area contributed by atoms with E-state index in [9.17, 15) is 4.79 Å². The second kappa shape index (κ2) is 11.8. The van der Waals surface area contributed by atoms with Crippen LogP contribution in [0.5, 0.6) is 17.2 Å². The highest BCUT2D eigenvalue weighted by molar-refractivity contribution is 7.99. The van der Waals surface area contributed by atoms with Crippen LogP contribution in [0.15, 0.2) is 66.7 Å². The molecule has 0 unspecified atom stereocenters. The van der Waals surface area contributed by atoms with E-state index in [0.717, 1.165) is 48.0 Å². The summed E-state index contributed by atoms with van der Waals surface area (Å²) in [6, 6.07) is 21.2. The predicted molar refractivity (Wildman–Crippen MR) is 137 cm³/mol. The summed E-state index contributed by atoms with van der Waals surface area (Å²) in [7, 11) is 3.11. The number of hydrogen-bond acceptors (Lipinski definition) is 6. The molecular formula is C27H30N2O4S. The maximum atomic E-state index is 13.2. The molecule has 7 heteroatoms. The number of methoxy groups -OCH3 is 2. The minimum Gasteiger partial charge on any atom is -0.493 e. The molecule has 3 aromatic rings. The number of carbonyl (C=O) groups is 1. The first-order chi connectivity index (χ1) is 16.7. The van der Waals surface area contributed by atoms with Crippen LogP contribution in [0.2, 0.25) is 0 Å². The summed E-state index contributed by atoms with van der Waals surface area (Å²) in [6.45, 7) is 3.30. The van der Waals surface area contributed by atoms with Crippen molar-refractivity contribution in [3.63, 3.8) is 0 Å². The van der Waals surface area contributed by atoms with Gasteiger partial charge in [-0.15, -0.1) is 0 Å². The monoisotopic (exact) mass is 478 g/mol. The van der Waals surface area contributed by atoms with Crippen molar-refractivity contribution in [3.05, 3.63) is 83.4 Å². The molecule has 1 amide bonds. The Bertz CT molecular complexity index is 1080. The number of hydrogen-bond donors (Lipinski definition) is 1. The van der Waals surface area contributed by atoms with E-state index in [2.05, 4.69) is 16.3 Å². The lowest BCUT2D eigenvalue weighted by Gasteiger charge is -2.27. The molecule has 0 radical (unpaired) electrons. The van der Waals surface area contributed by atoms with Crippen molar-refractivity contribution in [2.24, 2.45) is 0 Å². The van der Waals surface area contributed by atoms with Crippen LogP contribution >= 0.6 is 11.8 Å². The largest absolute Gasteiger partial charge is 0.493 e. The fourth-order valence-corrected chi connectivity index (χ4v) is 4.84. The van der Waals surface area contributed by atoms with E-state index < -0.39 is 0 Å². The fourth-order valence-electron chi connectivity index (χ4n) is 3.86. The molecule has 1 saturated heterocycles. The molecule has 34 heavy (non-hydrogen) atoms. The van der Waals surface area contributed by atoms with Crippen molar-refractivity contribution in [3.8, 4) is 17.2 Å². The molecule has 0 aliphatic carbocycles. The van der Waals surface area contributed by atoms with Crippen molar-refractivity contribution in [1.29, 1.82) is 0 Å². The number of nitrogens with zero attached hydrogens (tertiary/aromatic N) is 1. The first-order valence-electron chi connectivity index (χ1n) is 11.3. The van der Waals surface area contributed by atoms with Crippen LogP contribution < -0.4 is 19.5 Å². The summed E-state index contributed by atoms with van der Waals surface area (Å²) in [4.78, 5) is 15.6. The third kappa shape index (κ3) is 6.04. The van der Waals surface area contributed by atoms with Gasteiger partial charge in [-0.25, -0.2) is 0 Å². The van der Waals surface area contributed by atoms with Gasteiger partial charge in [0.15, 0.2) is 11.5 Å². The Morgan fingerprint density at radius 2 is 1.59 bits per heavy atom. The van der Waals surface area contributed by atoms with Crippen molar-refractivity contribution in [2.75, 3.05) is 44.1 Å². The molecule has 0 bridgehead atoms. The van der Waals surface area contributed by atoms with Gasteiger partial charge in [0.2, 0.25) is 5.75 Å². The van der Waals surface area contributed by atoms with Crippen molar-refractivity contribution in [1.82, 2.24) is 4.90 Å². The smallest absolute Gasteiger partial charge is 0.255 e. The molecule has 0 saturated carbocycles. The molecule has 178 valence electrons. The molecule has 1 N–H and O–H groups in total. The van der Waals surface area contributed by atoms with E-state index >= 15 is 0 Å². The van der Waals surface area contributed by atoms with Gasteiger partial charge in [0.05, 0.1) is 14.2 Å². The van der Waals surface area contributed by atoms with Crippen LogP contribution in [0.25, 0.3) is 0 Å². The number of ether oxygens (including phenoxy) is 3. The zero-order valence-electron chi connectivity index (χ0n) is 19.6. The maximum Gasteiger partial charge on any atom is 0.255 e. The second-order valence-electron chi connectivity index (χ2n) is 7.98. The highest BCUT2D eigenvalue weighted by Gasteiger charge is 2.19. The number of rotatable bonds is 9. The van der Waals surface area contributed by atoms with Gasteiger partial charge in [0.25, 0.3) is 5.91 Å². The Morgan fingerprint density at radius 1 is 0.941 bits per heavy atom. The van der Waals surface area contributed by atoms with Gasteiger partial charge < -0.3 is 19.5 Å². The van der Waals surface area contributed by atoms with Gasteiger partial charge in [-0.3, -0.25) is 9.69 Å². The first-order valence-corrected chi connectivity index (χ1v) is 12.5. The van der Waals surface area contributed by atoms with Crippen molar-refractivity contribution >= 4 is 23.4 Å². The number of carbonyl (C=O) groups excluding carboxylic acids is 1. The Kier molecular flexibility index (Phi) is 8.33. The number of benzene rings is 3. The number of thioether (sulfide) groups is 1. The van der Waals surface area contributed by atoms with E-state index in [4.69, 9.17) is 14.2 Å². The Labute approximate surface area is 205 Å². The van der Waals surface area contributed by atoms with E-state index in [1.165, 1.54) is 0 Å². The predicted octanol–water partition coefficient (Wildman–Crippen LogP) is 5.08. The van der Waals surface area contributed by atoms with Gasteiger partial charge in [0, 0.05) is 42.4 Å². The number of nitrogens with one attached hydrogen (secondary N) is 1.